The summed E-state index contributed by atoms with van der Waals surface area (Å²) in [6, 6.07) is 2.09. The number of amides is 1. The number of rotatable bonds is 6. The molecule has 1 aromatic rings. The van der Waals surface area contributed by atoms with Crippen molar-refractivity contribution in [3.63, 3.8) is 0 Å². The van der Waals surface area contributed by atoms with Crippen LogP contribution in [0.15, 0.2) is 16.8 Å². The first-order valence-electron chi connectivity index (χ1n) is 6.60. The van der Waals surface area contributed by atoms with Crippen LogP contribution in [0.1, 0.15) is 31.2 Å². The van der Waals surface area contributed by atoms with E-state index >= 15 is 0 Å². The van der Waals surface area contributed by atoms with E-state index in [9.17, 15) is 4.79 Å². The van der Waals surface area contributed by atoms with Gasteiger partial charge < -0.3 is 9.64 Å². The van der Waals surface area contributed by atoms with Gasteiger partial charge in [0.1, 0.15) is 0 Å². The second-order valence-corrected chi connectivity index (χ2v) is 5.65. The van der Waals surface area contributed by atoms with E-state index in [0.717, 1.165) is 19.4 Å². The lowest BCUT2D eigenvalue weighted by Gasteiger charge is -2.25. The van der Waals surface area contributed by atoms with E-state index in [-0.39, 0.29) is 5.92 Å². The maximum absolute atomic E-state index is 12.5. The van der Waals surface area contributed by atoms with Crippen LogP contribution in [0.25, 0.3) is 0 Å². The van der Waals surface area contributed by atoms with Crippen LogP contribution in [0.3, 0.4) is 0 Å². The van der Waals surface area contributed by atoms with E-state index in [1.807, 2.05) is 4.90 Å². The lowest BCUT2D eigenvalue weighted by Crippen LogP contribution is -2.37. The first-order chi connectivity index (χ1) is 8.81. The molecule has 1 saturated carbocycles. The van der Waals surface area contributed by atoms with Gasteiger partial charge >= 0.3 is 0 Å². The quantitative estimate of drug-likeness (QED) is 0.793. The zero-order valence-electron chi connectivity index (χ0n) is 10.9. The maximum atomic E-state index is 12.5. The van der Waals surface area contributed by atoms with Gasteiger partial charge in [-0.25, -0.2) is 0 Å². The molecule has 1 fully saturated rings. The molecule has 1 amide bonds. The lowest BCUT2D eigenvalue weighted by atomic mass is 10.1. The third kappa shape index (κ3) is 3.56. The minimum Gasteiger partial charge on any atom is -0.383 e. The zero-order chi connectivity index (χ0) is 12.8. The van der Waals surface area contributed by atoms with Gasteiger partial charge in [0.15, 0.2) is 0 Å². The SMILES string of the molecule is COCCN(Cc1ccsc1)C(=O)C1CCCC1. The highest BCUT2D eigenvalue weighted by Crippen LogP contribution is 2.27. The number of nitrogens with zero attached hydrogens (tertiary/aromatic N) is 1. The molecule has 0 bridgehead atoms. The number of methoxy groups -OCH3 is 1. The third-order valence-electron chi connectivity index (χ3n) is 3.53. The molecule has 4 heteroatoms. The van der Waals surface area contributed by atoms with E-state index < -0.39 is 0 Å². The van der Waals surface area contributed by atoms with Gasteiger partial charge in [-0.3, -0.25) is 4.79 Å². The van der Waals surface area contributed by atoms with Crippen molar-refractivity contribution in [1.29, 1.82) is 0 Å². The second-order valence-electron chi connectivity index (χ2n) is 4.87. The summed E-state index contributed by atoms with van der Waals surface area (Å²) in [5.74, 6) is 0.566. The number of carbonyl (C=O) groups is 1. The molecule has 1 aliphatic rings. The predicted molar refractivity (Wildman–Crippen MR) is 73.6 cm³/mol. The summed E-state index contributed by atoms with van der Waals surface area (Å²) in [5, 5.41) is 4.17. The largest absolute Gasteiger partial charge is 0.383 e. The number of hydrogen-bond donors (Lipinski definition) is 0. The molecule has 2 rings (SSSR count). The van der Waals surface area contributed by atoms with Crippen molar-refractivity contribution in [3.05, 3.63) is 22.4 Å². The van der Waals surface area contributed by atoms with Gasteiger partial charge in [0.2, 0.25) is 5.91 Å². The molecule has 0 aliphatic heterocycles. The fourth-order valence-corrected chi connectivity index (χ4v) is 3.16. The average Bonchev–Trinajstić information content (AvgIpc) is 3.06. The van der Waals surface area contributed by atoms with Crippen molar-refractivity contribution >= 4 is 17.2 Å². The molecule has 3 nitrogen and oxygen atoms in total. The molecule has 1 aliphatic carbocycles. The zero-order valence-corrected chi connectivity index (χ0v) is 11.7. The van der Waals surface area contributed by atoms with Crippen LogP contribution in [0.5, 0.6) is 0 Å². The number of thiophene rings is 1. The Bertz CT molecular complexity index is 358. The molecule has 0 radical (unpaired) electrons. The molecule has 0 atom stereocenters. The molecular weight excluding hydrogens is 246 g/mol. The Balaban J connectivity index is 1.96. The standard InChI is InChI=1S/C14H21NO2S/c1-17-8-7-15(10-12-6-9-18-11-12)14(16)13-4-2-3-5-13/h6,9,11,13H,2-5,7-8,10H2,1H3. The monoisotopic (exact) mass is 267 g/mol. The Morgan fingerprint density at radius 2 is 2.28 bits per heavy atom. The van der Waals surface area contributed by atoms with Gasteiger partial charge in [0.25, 0.3) is 0 Å². The van der Waals surface area contributed by atoms with Gasteiger partial charge in [-0.15, -0.1) is 0 Å². The van der Waals surface area contributed by atoms with Crippen molar-refractivity contribution < 1.29 is 9.53 Å². The first-order valence-corrected chi connectivity index (χ1v) is 7.54. The second kappa shape index (κ2) is 6.90. The molecule has 0 saturated heterocycles. The van der Waals surface area contributed by atoms with Crippen LogP contribution in [0.2, 0.25) is 0 Å². The third-order valence-corrected chi connectivity index (χ3v) is 4.27. The van der Waals surface area contributed by atoms with E-state index in [1.165, 1.54) is 18.4 Å². The highest BCUT2D eigenvalue weighted by atomic mass is 32.1. The lowest BCUT2D eigenvalue weighted by molar-refractivity contribution is -0.136. The van der Waals surface area contributed by atoms with Gasteiger partial charge in [-0.1, -0.05) is 12.8 Å². The summed E-state index contributed by atoms with van der Waals surface area (Å²) in [6.07, 6.45) is 4.53. The fraction of sp³-hybridized carbons (Fsp3) is 0.643. The molecule has 0 unspecified atom stereocenters. The van der Waals surface area contributed by atoms with E-state index in [2.05, 4.69) is 16.8 Å². The van der Waals surface area contributed by atoms with Crippen LogP contribution >= 0.6 is 11.3 Å². The average molecular weight is 267 g/mol. The summed E-state index contributed by atoms with van der Waals surface area (Å²) in [7, 11) is 1.68. The topological polar surface area (TPSA) is 29.5 Å². The van der Waals surface area contributed by atoms with E-state index in [0.29, 0.717) is 19.1 Å². The van der Waals surface area contributed by atoms with Crippen LogP contribution in [0, 0.1) is 5.92 Å². The summed E-state index contributed by atoms with van der Waals surface area (Å²) in [4.78, 5) is 14.4. The van der Waals surface area contributed by atoms with E-state index in [4.69, 9.17) is 4.74 Å². The summed E-state index contributed by atoms with van der Waals surface area (Å²) in [5.41, 5.74) is 1.22. The fourth-order valence-electron chi connectivity index (χ4n) is 2.50. The number of carbonyl (C=O) groups excluding carboxylic acids is 1. The predicted octanol–water partition coefficient (Wildman–Crippen LogP) is 2.91. The minimum absolute atomic E-state index is 0.250. The summed E-state index contributed by atoms with van der Waals surface area (Å²) >= 11 is 1.68. The Kier molecular flexibility index (Phi) is 5.20. The Hall–Kier alpha value is -0.870. The van der Waals surface area contributed by atoms with Crippen LogP contribution in [-0.4, -0.2) is 31.1 Å². The molecule has 18 heavy (non-hydrogen) atoms. The van der Waals surface area contributed by atoms with Crippen molar-refractivity contribution in [2.24, 2.45) is 5.92 Å². The smallest absolute Gasteiger partial charge is 0.226 e. The molecule has 0 N–H and O–H groups in total. The maximum Gasteiger partial charge on any atom is 0.226 e. The molecular formula is C14H21NO2S. The van der Waals surface area contributed by atoms with Crippen LogP contribution in [0.4, 0.5) is 0 Å². The Morgan fingerprint density at radius 3 is 2.89 bits per heavy atom. The summed E-state index contributed by atoms with van der Waals surface area (Å²) < 4.78 is 5.11. The van der Waals surface area contributed by atoms with Gasteiger partial charge in [-0.05, 0) is 35.2 Å². The van der Waals surface area contributed by atoms with Crippen molar-refractivity contribution in [1.82, 2.24) is 4.90 Å². The minimum atomic E-state index is 0.250. The molecule has 100 valence electrons. The molecule has 1 heterocycles. The molecule has 1 aromatic heterocycles. The normalized spacial score (nSPS) is 16.1. The molecule has 0 aromatic carbocycles. The van der Waals surface area contributed by atoms with Gasteiger partial charge in [-0.2, -0.15) is 11.3 Å². The van der Waals surface area contributed by atoms with E-state index in [1.54, 1.807) is 18.4 Å². The highest BCUT2D eigenvalue weighted by Gasteiger charge is 2.27. The van der Waals surface area contributed by atoms with Crippen LogP contribution < -0.4 is 0 Å². The Morgan fingerprint density at radius 1 is 1.50 bits per heavy atom. The van der Waals surface area contributed by atoms with Crippen molar-refractivity contribution in [3.8, 4) is 0 Å². The highest BCUT2D eigenvalue weighted by molar-refractivity contribution is 7.07. The van der Waals surface area contributed by atoms with Crippen molar-refractivity contribution in [2.75, 3.05) is 20.3 Å². The first kappa shape index (κ1) is 13.6. The summed E-state index contributed by atoms with van der Waals surface area (Å²) in [6.45, 7) is 2.03. The van der Waals surface area contributed by atoms with Crippen molar-refractivity contribution in [2.45, 2.75) is 32.2 Å². The molecule has 0 spiro atoms. The number of hydrogen-bond acceptors (Lipinski definition) is 3. The van der Waals surface area contributed by atoms with Gasteiger partial charge in [0.05, 0.1) is 6.61 Å². The number of ether oxygens (including phenoxy) is 1. The Labute approximate surface area is 113 Å². The van der Waals surface area contributed by atoms with Crippen LogP contribution in [-0.2, 0) is 16.1 Å². The van der Waals surface area contributed by atoms with Gasteiger partial charge in [0, 0.05) is 26.1 Å².